The number of phenols is 2. The van der Waals surface area contributed by atoms with E-state index < -0.39 is 0 Å². The number of aromatic hydroxyl groups is 2. The number of benzene rings is 1. The smallest absolute Gasteiger partial charge is 0.248 e. The van der Waals surface area contributed by atoms with Gasteiger partial charge in [-0.05, 0) is 30.5 Å². The summed E-state index contributed by atoms with van der Waals surface area (Å²) in [6, 6.07) is 5.17. The van der Waals surface area contributed by atoms with Crippen LogP contribution in [0.15, 0.2) is 18.2 Å². The van der Waals surface area contributed by atoms with Crippen molar-refractivity contribution in [2.75, 3.05) is 26.8 Å². The predicted octanol–water partition coefficient (Wildman–Crippen LogP) is 0.825. The first kappa shape index (κ1) is 15.6. The van der Waals surface area contributed by atoms with Gasteiger partial charge in [-0.15, -0.1) is 0 Å². The minimum Gasteiger partial charge on any atom is -0.504 e. The molecule has 6 nitrogen and oxygen atoms in total. The summed E-state index contributed by atoms with van der Waals surface area (Å²) in [7, 11) is 1.53. The van der Waals surface area contributed by atoms with E-state index in [1.54, 1.807) is 12.1 Å². The summed E-state index contributed by atoms with van der Waals surface area (Å²) in [5, 5.41) is 22.1. The Morgan fingerprint density at radius 2 is 2.05 bits per heavy atom. The molecule has 0 spiro atoms. The minimum atomic E-state index is -0.108. The van der Waals surface area contributed by atoms with Crippen LogP contribution >= 0.6 is 0 Å². The average Bonchev–Trinajstić information content (AvgIpc) is 2.49. The molecule has 2 rings (SSSR count). The molecule has 0 aromatic heterocycles. The maximum absolute atomic E-state index is 11.7. The molecule has 1 aliphatic heterocycles. The van der Waals surface area contributed by atoms with Crippen LogP contribution in [0, 0.1) is 0 Å². The van der Waals surface area contributed by atoms with Crippen LogP contribution in [0.1, 0.15) is 18.4 Å². The summed E-state index contributed by atoms with van der Waals surface area (Å²) in [6.45, 7) is 2.25. The van der Waals surface area contributed by atoms with Crippen molar-refractivity contribution in [2.45, 2.75) is 25.4 Å². The molecule has 0 aliphatic carbocycles. The first-order chi connectivity index (χ1) is 10.1. The Labute approximate surface area is 124 Å². The molecule has 0 saturated carbocycles. The standard InChI is InChI=1S/C15H22N2O4/c1-21-10-15(20)17-6-4-12(5-7-17)16-9-11-2-3-13(18)14(19)8-11/h2-3,8,12,16,18-19H,4-7,9-10H2,1H3. The number of ether oxygens (including phenoxy) is 1. The second-order valence-corrected chi connectivity index (χ2v) is 5.29. The van der Waals surface area contributed by atoms with E-state index in [-0.39, 0.29) is 24.0 Å². The van der Waals surface area contributed by atoms with Gasteiger partial charge in [0.1, 0.15) is 6.61 Å². The highest BCUT2D eigenvalue weighted by atomic mass is 16.5. The van der Waals surface area contributed by atoms with Crippen LogP contribution in [0.5, 0.6) is 11.5 Å². The number of methoxy groups -OCH3 is 1. The highest BCUT2D eigenvalue weighted by Gasteiger charge is 2.22. The number of phenolic OH excluding ortho intramolecular Hbond substituents is 2. The molecule has 6 heteroatoms. The molecule has 0 bridgehead atoms. The Kier molecular flexibility index (Phi) is 5.41. The lowest BCUT2D eigenvalue weighted by Gasteiger charge is -2.32. The molecule has 1 aromatic rings. The Morgan fingerprint density at radius 3 is 2.67 bits per heavy atom. The normalized spacial score (nSPS) is 16.1. The van der Waals surface area contributed by atoms with E-state index in [9.17, 15) is 15.0 Å². The second kappa shape index (κ2) is 7.28. The van der Waals surface area contributed by atoms with Crippen molar-refractivity contribution in [1.29, 1.82) is 0 Å². The van der Waals surface area contributed by atoms with E-state index >= 15 is 0 Å². The quantitative estimate of drug-likeness (QED) is 0.701. The SMILES string of the molecule is COCC(=O)N1CCC(NCc2ccc(O)c(O)c2)CC1. The van der Waals surface area contributed by atoms with Gasteiger partial charge in [-0.1, -0.05) is 6.07 Å². The van der Waals surface area contributed by atoms with Crippen LogP contribution < -0.4 is 5.32 Å². The first-order valence-electron chi connectivity index (χ1n) is 7.11. The highest BCUT2D eigenvalue weighted by molar-refractivity contribution is 5.77. The van der Waals surface area contributed by atoms with Gasteiger partial charge in [0, 0.05) is 32.8 Å². The van der Waals surface area contributed by atoms with E-state index in [1.165, 1.54) is 13.2 Å². The second-order valence-electron chi connectivity index (χ2n) is 5.29. The molecule has 21 heavy (non-hydrogen) atoms. The van der Waals surface area contributed by atoms with Crippen molar-refractivity contribution in [1.82, 2.24) is 10.2 Å². The molecule has 1 fully saturated rings. The molecule has 116 valence electrons. The zero-order valence-corrected chi connectivity index (χ0v) is 12.2. The Balaban J connectivity index is 1.76. The van der Waals surface area contributed by atoms with Crippen molar-refractivity contribution < 1.29 is 19.7 Å². The Morgan fingerprint density at radius 1 is 1.33 bits per heavy atom. The summed E-state index contributed by atoms with van der Waals surface area (Å²) < 4.78 is 4.86. The summed E-state index contributed by atoms with van der Waals surface area (Å²) in [5.74, 6) is -0.169. The van der Waals surface area contributed by atoms with Gasteiger partial charge in [-0.3, -0.25) is 4.79 Å². The van der Waals surface area contributed by atoms with Crippen molar-refractivity contribution in [3.63, 3.8) is 0 Å². The lowest BCUT2D eigenvalue weighted by molar-refractivity contribution is -0.136. The van der Waals surface area contributed by atoms with Crippen LogP contribution in [-0.4, -0.2) is 53.9 Å². The lowest BCUT2D eigenvalue weighted by atomic mass is 10.0. The number of piperidine rings is 1. The fraction of sp³-hybridized carbons (Fsp3) is 0.533. The van der Waals surface area contributed by atoms with E-state index in [2.05, 4.69) is 5.32 Å². The van der Waals surface area contributed by atoms with Gasteiger partial charge in [0.05, 0.1) is 0 Å². The van der Waals surface area contributed by atoms with Crippen LogP contribution in [0.2, 0.25) is 0 Å². The number of hydrogen-bond acceptors (Lipinski definition) is 5. The van der Waals surface area contributed by atoms with Crippen molar-refractivity contribution in [3.05, 3.63) is 23.8 Å². The predicted molar refractivity (Wildman–Crippen MR) is 78.1 cm³/mol. The van der Waals surface area contributed by atoms with Crippen LogP contribution in [-0.2, 0) is 16.1 Å². The first-order valence-corrected chi connectivity index (χ1v) is 7.11. The van der Waals surface area contributed by atoms with E-state index in [1.807, 2.05) is 4.90 Å². The summed E-state index contributed by atoms with van der Waals surface area (Å²) in [5.41, 5.74) is 0.920. The van der Waals surface area contributed by atoms with Crippen LogP contribution in [0.25, 0.3) is 0 Å². The third-order valence-corrected chi connectivity index (χ3v) is 3.75. The maximum atomic E-state index is 11.7. The Hall–Kier alpha value is -1.79. The van der Waals surface area contributed by atoms with Crippen molar-refractivity contribution in [2.24, 2.45) is 0 Å². The molecule has 0 unspecified atom stereocenters. The molecule has 3 N–H and O–H groups in total. The van der Waals surface area contributed by atoms with Crippen molar-refractivity contribution in [3.8, 4) is 11.5 Å². The number of carbonyl (C=O) groups excluding carboxylic acids is 1. The molecule has 1 saturated heterocycles. The molecule has 1 amide bonds. The number of carbonyl (C=O) groups is 1. The zero-order chi connectivity index (χ0) is 15.2. The van der Waals surface area contributed by atoms with Gasteiger partial charge in [-0.2, -0.15) is 0 Å². The van der Waals surface area contributed by atoms with E-state index in [0.29, 0.717) is 12.6 Å². The molecule has 1 heterocycles. The Bertz CT molecular complexity index is 485. The van der Waals surface area contributed by atoms with Gasteiger partial charge in [0.25, 0.3) is 0 Å². The average molecular weight is 294 g/mol. The molecular formula is C15H22N2O4. The number of nitrogens with zero attached hydrogens (tertiary/aromatic N) is 1. The van der Waals surface area contributed by atoms with Gasteiger partial charge < -0.3 is 25.2 Å². The van der Waals surface area contributed by atoms with Gasteiger partial charge in [-0.25, -0.2) is 0 Å². The number of amides is 1. The molecule has 0 radical (unpaired) electrons. The molecule has 0 atom stereocenters. The van der Waals surface area contributed by atoms with Crippen LogP contribution in [0.4, 0.5) is 0 Å². The summed E-state index contributed by atoms with van der Waals surface area (Å²) in [4.78, 5) is 13.5. The molecule has 1 aliphatic rings. The number of likely N-dealkylation sites (tertiary alicyclic amines) is 1. The molecular weight excluding hydrogens is 272 g/mol. The number of nitrogens with one attached hydrogen (secondary N) is 1. The van der Waals surface area contributed by atoms with Crippen LogP contribution in [0.3, 0.4) is 0 Å². The largest absolute Gasteiger partial charge is 0.504 e. The van der Waals surface area contributed by atoms with E-state index in [4.69, 9.17) is 4.74 Å². The maximum Gasteiger partial charge on any atom is 0.248 e. The lowest BCUT2D eigenvalue weighted by Crippen LogP contribution is -2.45. The topological polar surface area (TPSA) is 82.0 Å². The van der Waals surface area contributed by atoms with Gasteiger partial charge in [0.15, 0.2) is 11.5 Å². The van der Waals surface area contributed by atoms with E-state index in [0.717, 1.165) is 31.5 Å². The summed E-state index contributed by atoms with van der Waals surface area (Å²) in [6.07, 6.45) is 1.80. The third kappa shape index (κ3) is 4.34. The summed E-state index contributed by atoms with van der Waals surface area (Å²) >= 11 is 0. The monoisotopic (exact) mass is 294 g/mol. The zero-order valence-electron chi connectivity index (χ0n) is 12.2. The fourth-order valence-corrected chi connectivity index (χ4v) is 2.49. The highest BCUT2D eigenvalue weighted by Crippen LogP contribution is 2.24. The fourth-order valence-electron chi connectivity index (χ4n) is 2.49. The number of rotatable bonds is 5. The van der Waals surface area contributed by atoms with Gasteiger partial charge >= 0.3 is 0 Å². The molecule has 1 aromatic carbocycles. The third-order valence-electron chi connectivity index (χ3n) is 3.75. The van der Waals surface area contributed by atoms with Gasteiger partial charge in [0.2, 0.25) is 5.91 Å². The minimum absolute atomic E-state index is 0.0411. The number of hydrogen-bond donors (Lipinski definition) is 3. The van der Waals surface area contributed by atoms with Crippen molar-refractivity contribution >= 4 is 5.91 Å².